The third-order valence-corrected chi connectivity index (χ3v) is 2.48. The van der Waals surface area contributed by atoms with Crippen molar-refractivity contribution < 1.29 is 9.13 Å². The summed E-state index contributed by atoms with van der Waals surface area (Å²) in [6, 6.07) is 3.94. The van der Waals surface area contributed by atoms with Crippen molar-refractivity contribution in [3.05, 3.63) is 34.6 Å². The van der Waals surface area contributed by atoms with E-state index in [1.807, 2.05) is 6.92 Å². The van der Waals surface area contributed by atoms with E-state index in [0.717, 1.165) is 0 Å². The van der Waals surface area contributed by atoms with Gasteiger partial charge in [-0.1, -0.05) is 11.6 Å². The zero-order chi connectivity index (χ0) is 11.3. The van der Waals surface area contributed by atoms with Crippen LogP contribution in [0.15, 0.2) is 18.2 Å². The fourth-order valence-corrected chi connectivity index (χ4v) is 1.57. The maximum absolute atomic E-state index is 13.0. The molecule has 1 atom stereocenters. The Morgan fingerprint density at radius 1 is 1.53 bits per heavy atom. The first-order valence-electron chi connectivity index (χ1n) is 4.93. The highest BCUT2D eigenvalue weighted by Gasteiger charge is 2.10. The highest BCUT2D eigenvalue weighted by atomic mass is 35.5. The standard InChI is InChI=1S/C11H15ClFNO/c1-2-15-6-5-11(14)9-7-8(13)3-4-10(9)12/h3-4,7,11H,2,5-6,14H2,1H3. The van der Waals surface area contributed by atoms with Crippen molar-refractivity contribution in [2.24, 2.45) is 5.73 Å². The van der Waals surface area contributed by atoms with Gasteiger partial charge in [0.05, 0.1) is 0 Å². The Kier molecular flexibility index (Phi) is 5.02. The molecule has 1 aromatic carbocycles. The lowest BCUT2D eigenvalue weighted by Gasteiger charge is -2.13. The van der Waals surface area contributed by atoms with Crippen molar-refractivity contribution in [2.45, 2.75) is 19.4 Å². The Morgan fingerprint density at radius 2 is 2.27 bits per heavy atom. The van der Waals surface area contributed by atoms with Crippen LogP contribution >= 0.6 is 11.6 Å². The number of benzene rings is 1. The van der Waals surface area contributed by atoms with Crippen LogP contribution in [0.4, 0.5) is 4.39 Å². The molecule has 0 aliphatic heterocycles. The zero-order valence-corrected chi connectivity index (χ0v) is 9.43. The molecule has 15 heavy (non-hydrogen) atoms. The van der Waals surface area contributed by atoms with Crippen molar-refractivity contribution in [3.8, 4) is 0 Å². The SMILES string of the molecule is CCOCCC(N)c1cc(F)ccc1Cl. The Labute approximate surface area is 94.2 Å². The molecule has 1 unspecified atom stereocenters. The van der Waals surface area contributed by atoms with Crippen molar-refractivity contribution in [1.29, 1.82) is 0 Å². The summed E-state index contributed by atoms with van der Waals surface area (Å²) in [5.74, 6) is -0.318. The second kappa shape index (κ2) is 6.05. The van der Waals surface area contributed by atoms with Crippen molar-refractivity contribution >= 4 is 11.6 Å². The molecule has 0 fully saturated rings. The topological polar surface area (TPSA) is 35.2 Å². The second-order valence-electron chi connectivity index (χ2n) is 3.26. The number of hydrogen-bond acceptors (Lipinski definition) is 2. The number of hydrogen-bond donors (Lipinski definition) is 1. The molecule has 0 amide bonds. The van der Waals surface area contributed by atoms with Gasteiger partial charge in [0.25, 0.3) is 0 Å². The van der Waals surface area contributed by atoms with Gasteiger partial charge in [-0.3, -0.25) is 0 Å². The van der Waals surface area contributed by atoms with E-state index in [4.69, 9.17) is 22.1 Å². The fraction of sp³-hybridized carbons (Fsp3) is 0.455. The molecule has 0 aliphatic carbocycles. The van der Waals surface area contributed by atoms with Crippen molar-refractivity contribution in [1.82, 2.24) is 0 Å². The van der Waals surface area contributed by atoms with E-state index in [1.54, 1.807) is 0 Å². The Morgan fingerprint density at radius 3 is 2.93 bits per heavy atom. The van der Waals surface area contributed by atoms with Crippen LogP contribution in [-0.4, -0.2) is 13.2 Å². The summed E-state index contributed by atoms with van der Waals surface area (Å²) in [5.41, 5.74) is 6.51. The molecule has 0 bridgehead atoms. The summed E-state index contributed by atoms with van der Waals surface area (Å²) in [7, 11) is 0. The minimum atomic E-state index is -0.318. The average molecular weight is 232 g/mol. The predicted molar refractivity (Wildman–Crippen MR) is 59.4 cm³/mol. The summed E-state index contributed by atoms with van der Waals surface area (Å²) in [5, 5.41) is 0.500. The number of halogens is 2. The van der Waals surface area contributed by atoms with E-state index >= 15 is 0 Å². The number of rotatable bonds is 5. The van der Waals surface area contributed by atoms with Crippen LogP contribution in [-0.2, 0) is 4.74 Å². The molecule has 4 heteroatoms. The lowest BCUT2D eigenvalue weighted by Crippen LogP contribution is -2.14. The van der Waals surface area contributed by atoms with Crippen LogP contribution in [0.1, 0.15) is 24.9 Å². The molecule has 0 saturated carbocycles. The lowest BCUT2D eigenvalue weighted by molar-refractivity contribution is 0.140. The van der Waals surface area contributed by atoms with E-state index in [-0.39, 0.29) is 11.9 Å². The molecule has 1 rings (SSSR count). The predicted octanol–water partition coefficient (Wildman–Crippen LogP) is 2.91. The first kappa shape index (κ1) is 12.4. The molecule has 0 heterocycles. The van der Waals surface area contributed by atoms with Gasteiger partial charge in [0, 0.05) is 24.3 Å². The first-order valence-corrected chi connectivity index (χ1v) is 5.31. The summed E-state index contributed by atoms with van der Waals surface area (Å²) >= 11 is 5.92. The summed E-state index contributed by atoms with van der Waals surface area (Å²) in [6.45, 7) is 3.13. The minimum absolute atomic E-state index is 0.278. The molecule has 0 radical (unpaired) electrons. The normalized spacial score (nSPS) is 12.8. The summed E-state index contributed by atoms with van der Waals surface area (Å²) in [4.78, 5) is 0. The molecular weight excluding hydrogens is 217 g/mol. The smallest absolute Gasteiger partial charge is 0.123 e. The largest absolute Gasteiger partial charge is 0.382 e. The van der Waals surface area contributed by atoms with Gasteiger partial charge in [-0.25, -0.2) is 4.39 Å². The van der Waals surface area contributed by atoms with Gasteiger partial charge < -0.3 is 10.5 Å². The summed E-state index contributed by atoms with van der Waals surface area (Å²) < 4.78 is 18.1. The van der Waals surface area contributed by atoms with E-state index in [9.17, 15) is 4.39 Å². The van der Waals surface area contributed by atoms with Crippen LogP contribution in [0, 0.1) is 5.82 Å². The molecule has 2 N–H and O–H groups in total. The Balaban J connectivity index is 2.64. The molecule has 0 aromatic heterocycles. The van der Waals surface area contributed by atoms with Gasteiger partial charge in [-0.15, -0.1) is 0 Å². The minimum Gasteiger partial charge on any atom is -0.382 e. The highest BCUT2D eigenvalue weighted by Crippen LogP contribution is 2.24. The molecule has 0 spiro atoms. The third kappa shape index (κ3) is 3.78. The maximum atomic E-state index is 13.0. The lowest BCUT2D eigenvalue weighted by atomic mass is 10.1. The van der Waals surface area contributed by atoms with Gasteiger partial charge in [0.2, 0.25) is 0 Å². The average Bonchev–Trinajstić information content (AvgIpc) is 2.22. The Hall–Kier alpha value is -0.640. The molecule has 0 aliphatic rings. The van der Waals surface area contributed by atoms with E-state index in [0.29, 0.717) is 30.2 Å². The molecule has 0 saturated heterocycles. The highest BCUT2D eigenvalue weighted by molar-refractivity contribution is 6.31. The molecule has 84 valence electrons. The van der Waals surface area contributed by atoms with Gasteiger partial charge >= 0.3 is 0 Å². The van der Waals surface area contributed by atoms with Gasteiger partial charge in [0.15, 0.2) is 0 Å². The quantitative estimate of drug-likeness (QED) is 0.791. The zero-order valence-electron chi connectivity index (χ0n) is 8.67. The van der Waals surface area contributed by atoms with Crippen LogP contribution in [0.5, 0.6) is 0 Å². The second-order valence-corrected chi connectivity index (χ2v) is 3.67. The number of nitrogens with two attached hydrogens (primary N) is 1. The van der Waals surface area contributed by atoms with E-state index in [2.05, 4.69) is 0 Å². The van der Waals surface area contributed by atoms with Crippen LogP contribution in [0.25, 0.3) is 0 Å². The van der Waals surface area contributed by atoms with Crippen molar-refractivity contribution in [3.63, 3.8) is 0 Å². The third-order valence-electron chi connectivity index (χ3n) is 2.13. The molecular formula is C11H15ClFNO. The van der Waals surface area contributed by atoms with Gasteiger partial charge in [0.1, 0.15) is 5.82 Å². The van der Waals surface area contributed by atoms with Gasteiger partial charge in [-0.2, -0.15) is 0 Å². The van der Waals surface area contributed by atoms with Crippen LogP contribution in [0.2, 0.25) is 5.02 Å². The first-order chi connectivity index (χ1) is 7.15. The maximum Gasteiger partial charge on any atom is 0.123 e. The molecule has 1 aromatic rings. The van der Waals surface area contributed by atoms with Crippen LogP contribution < -0.4 is 5.73 Å². The molecule has 2 nitrogen and oxygen atoms in total. The van der Waals surface area contributed by atoms with E-state index < -0.39 is 0 Å². The van der Waals surface area contributed by atoms with Gasteiger partial charge in [-0.05, 0) is 37.1 Å². The van der Waals surface area contributed by atoms with Crippen LogP contribution in [0.3, 0.4) is 0 Å². The van der Waals surface area contributed by atoms with E-state index in [1.165, 1.54) is 18.2 Å². The Bertz CT molecular complexity index is 319. The number of ether oxygens (including phenoxy) is 1. The van der Waals surface area contributed by atoms with Crippen molar-refractivity contribution in [2.75, 3.05) is 13.2 Å². The monoisotopic (exact) mass is 231 g/mol. The summed E-state index contributed by atoms with van der Waals surface area (Å²) in [6.07, 6.45) is 0.636. The fourth-order valence-electron chi connectivity index (χ4n) is 1.31.